The van der Waals surface area contributed by atoms with Gasteiger partial charge in [-0.05, 0) is 24.7 Å². The van der Waals surface area contributed by atoms with Crippen LogP contribution in [0.25, 0.3) is 0 Å². The fraction of sp³-hybridized carbons (Fsp3) is 0.923. The second kappa shape index (κ2) is 3.73. The number of fused-ring (bicyclic) bond motifs is 1. The molecular weight excluding hydrogens is 200 g/mol. The molecule has 1 amide bonds. The molecule has 3 heteroatoms. The standard InChI is InChI=1S/C13H22N2O/c1-13(4-2-3-5-13)12(16)15-8-10-6-14-7-11(10)9-15/h10-11,14H,2-9H2,1H3/t10-,11+. The van der Waals surface area contributed by atoms with E-state index in [0.717, 1.165) is 50.9 Å². The Morgan fingerprint density at radius 2 is 1.75 bits per heavy atom. The lowest BCUT2D eigenvalue weighted by Crippen LogP contribution is -2.41. The van der Waals surface area contributed by atoms with Crippen LogP contribution in [0, 0.1) is 17.3 Å². The summed E-state index contributed by atoms with van der Waals surface area (Å²) in [4.78, 5) is 14.7. The molecule has 0 radical (unpaired) electrons. The number of amides is 1. The summed E-state index contributed by atoms with van der Waals surface area (Å²) in [6.07, 6.45) is 4.70. The Hall–Kier alpha value is -0.570. The highest BCUT2D eigenvalue weighted by molar-refractivity contribution is 5.83. The second-order valence-electron chi connectivity index (χ2n) is 6.16. The highest BCUT2D eigenvalue weighted by Gasteiger charge is 2.44. The second-order valence-corrected chi connectivity index (χ2v) is 6.16. The highest BCUT2D eigenvalue weighted by Crippen LogP contribution is 2.40. The van der Waals surface area contributed by atoms with Gasteiger partial charge in [-0.3, -0.25) is 4.79 Å². The van der Waals surface area contributed by atoms with Crippen molar-refractivity contribution < 1.29 is 4.79 Å². The van der Waals surface area contributed by atoms with Gasteiger partial charge in [-0.25, -0.2) is 0 Å². The van der Waals surface area contributed by atoms with Gasteiger partial charge < -0.3 is 10.2 Å². The number of rotatable bonds is 1. The van der Waals surface area contributed by atoms with Crippen LogP contribution in [-0.2, 0) is 4.79 Å². The number of nitrogens with one attached hydrogen (secondary N) is 1. The molecule has 2 aliphatic heterocycles. The Morgan fingerprint density at radius 3 is 2.31 bits per heavy atom. The van der Waals surface area contributed by atoms with Crippen molar-refractivity contribution in [2.45, 2.75) is 32.6 Å². The number of hydrogen-bond donors (Lipinski definition) is 1. The molecular formula is C13H22N2O. The van der Waals surface area contributed by atoms with Gasteiger partial charge in [-0.1, -0.05) is 19.8 Å². The van der Waals surface area contributed by atoms with Crippen molar-refractivity contribution in [3.63, 3.8) is 0 Å². The first-order valence-corrected chi connectivity index (χ1v) is 6.69. The molecule has 3 rings (SSSR count). The largest absolute Gasteiger partial charge is 0.342 e. The molecule has 0 aromatic rings. The van der Waals surface area contributed by atoms with Crippen molar-refractivity contribution in [2.75, 3.05) is 26.2 Å². The van der Waals surface area contributed by atoms with Gasteiger partial charge in [0.2, 0.25) is 5.91 Å². The van der Waals surface area contributed by atoms with Gasteiger partial charge in [0.15, 0.2) is 0 Å². The summed E-state index contributed by atoms with van der Waals surface area (Å²) >= 11 is 0. The van der Waals surface area contributed by atoms with E-state index in [1.807, 2.05) is 0 Å². The minimum atomic E-state index is -0.0218. The van der Waals surface area contributed by atoms with Crippen LogP contribution >= 0.6 is 0 Å². The fourth-order valence-electron chi connectivity index (χ4n) is 3.77. The Balaban J connectivity index is 1.68. The molecule has 1 N–H and O–H groups in total. The van der Waals surface area contributed by atoms with E-state index >= 15 is 0 Å². The summed E-state index contributed by atoms with van der Waals surface area (Å²) in [6.45, 7) is 6.42. The third-order valence-corrected chi connectivity index (χ3v) is 4.90. The fourth-order valence-corrected chi connectivity index (χ4v) is 3.77. The summed E-state index contributed by atoms with van der Waals surface area (Å²) in [5.74, 6) is 1.90. The maximum atomic E-state index is 12.5. The minimum Gasteiger partial charge on any atom is -0.342 e. The zero-order valence-corrected chi connectivity index (χ0v) is 10.2. The van der Waals surface area contributed by atoms with E-state index in [1.54, 1.807) is 0 Å². The van der Waals surface area contributed by atoms with Gasteiger partial charge in [-0.2, -0.15) is 0 Å². The van der Waals surface area contributed by atoms with Crippen molar-refractivity contribution in [1.29, 1.82) is 0 Å². The van der Waals surface area contributed by atoms with E-state index in [2.05, 4.69) is 17.1 Å². The molecule has 1 aliphatic carbocycles. The third kappa shape index (κ3) is 1.56. The predicted molar refractivity (Wildman–Crippen MR) is 63.0 cm³/mol. The number of carbonyl (C=O) groups is 1. The average molecular weight is 222 g/mol. The molecule has 3 aliphatic rings. The number of nitrogens with zero attached hydrogens (tertiary/aromatic N) is 1. The first-order valence-electron chi connectivity index (χ1n) is 6.69. The van der Waals surface area contributed by atoms with Gasteiger partial charge in [0.25, 0.3) is 0 Å². The first kappa shape index (κ1) is 10.6. The van der Waals surface area contributed by atoms with Crippen LogP contribution in [0.2, 0.25) is 0 Å². The molecule has 2 saturated heterocycles. The molecule has 0 unspecified atom stereocenters. The zero-order chi connectivity index (χ0) is 11.2. The Kier molecular flexibility index (Phi) is 2.46. The van der Waals surface area contributed by atoms with Gasteiger partial charge in [0, 0.05) is 31.6 Å². The molecule has 0 spiro atoms. The van der Waals surface area contributed by atoms with E-state index in [1.165, 1.54) is 12.8 Å². The lowest BCUT2D eigenvalue weighted by Gasteiger charge is -2.29. The molecule has 16 heavy (non-hydrogen) atoms. The summed E-state index contributed by atoms with van der Waals surface area (Å²) in [5, 5.41) is 3.42. The quantitative estimate of drug-likeness (QED) is 0.724. The molecule has 0 aromatic carbocycles. The first-order chi connectivity index (χ1) is 7.69. The van der Waals surface area contributed by atoms with E-state index in [0.29, 0.717) is 5.91 Å². The van der Waals surface area contributed by atoms with E-state index < -0.39 is 0 Å². The van der Waals surface area contributed by atoms with Crippen molar-refractivity contribution >= 4 is 5.91 Å². The summed E-state index contributed by atoms with van der Waals surface area (Å²) in [5.41, 5.74) is -0.0218. The maximum Gasteiger partial charge on any atom is 0.228 e. The normalized spacial score (nSPS) is 36.7. The molecule has 3 fully saturated rings. The SMILES string of the molecule is CC1(C(=O)N2C[C@H]3CNC[C@H]3C2)CCCC1. The van der Waals surface area contributed by atoms with Crippen LogP contribution in [0.15, 0.2) is 0 Å². The topological polar surface area (TPSA) is 32.3 Å². The maximum absolute atomic E-state index is 12.5. The van der Waals surface area contributed by atoms with Crippen LogP contribution in [0.3, 0.4) is 0 Å². The summed E-state index contributed by atoms with van der Waals surface area (Å²) in [7, 11) is 0. The zero-order valence-electron chi connectivity index (χ0n) is 10.2. The predicted octanol–water partition coefficient (Wildman–Crippen LogP) is 1.24. The molecule has 1 saturated carbocycles. The summed E-state index contributed by atoms with van der Waals surface area (Å²) < 4.78 is 0. The van der Waals surface area contributed by atoms with Crippen molar-refractivity contribution in [1.82, 2.24) is 10.2 Å². The average Bonchev–Trinajstić information content (AvgIpc) is 2.90. The molecule has 0 aromatic heterocycles. The van der Waals surface area contributed by atoms with Crippen molar-refractivity contribution in [3.8, 4) is 0 Å². The van der Waals surface area contributed by atoms with Crippen LogP contribution < -0.4 is 5.32 Å². The highest BCUT2D eigenvalue weighted by atomic mass is 16.2. The lowest BCUT2D eigenvalue weighted by atomic mass is 9.87. The Labute approximate surface area is 97.6 Å². The number of carbonyl (C=O) groups excluding carboxylic acids is 1. The van der Waals surface area contributed by atoms with Gasteiger partial charge in [-0.15, -0.1) is 0 Å². The molecule has 90 valence electrons. The van der Waals surface area contributed by atoms with Gasteiger partial charge >= 0.3 is 0 Å². The van der Waals surface area contributed by atoms with Gasteiger partial charge in [0.1, 0.15) is 0 Å². The van der Waals surface area contributed by atoms with Crippen molar-refractivity contribution in [2.24, 2.45) is 17.3 Å². The Morgan fingerprint density at radius 1 is 1.19 bits per heavy atom. The molecule has 2 atom stereocenters. The molecule has 2 heterocycles. The van der Waals surface area contributed by atoms with Crippen LogP contribution in [0.1, 0.15) is 32.6 Å². The summed E-state index contributed by atoms with van der Waals surface area (Å²) in [6, 6.07) is 0. The van der Waals surface area contributed by atoms with Crippen LogP contribution in [0.4, 0.5) is 0 Å². The monoisotopic (exact) mass is 222 g/mol. The van der Waals surface area contributed by atoms with Crippen LogP contribution in [0.5, 0.6) is 0 Å². The number of likely N-dealkylation sites (tertiary alicyclic amines) is 1. The minimum absolute atomic E-state index is 0.0218. The van der Waals surface area contributed by atoms with Crippen molar-refractivity contribution in [3.05, 3.63) is 0 Å². The Bertz CT molecular complexity index is 284. The van der Waals surface area contributed by atoms with Gasteiger partial charge in [0.05, 0.1) is 0 Å². The van der Waals surface area contributed by atoms with E-state index in [9.17, 15) is 4.79 Å². The number of hydrogen-bond acceptors (Lipinski definition) is 2. The van der Waals surface area contributed by atoms with E-state index in [4.69, 9.17) is 0 Å². The third-order valence-electron chi connectivity index (χ3n) is 4.90. The van der Waals surface area contributed by atoms with E-state index in [-0.39, 0.29) is 5.41 Å². The van der Waals surface area contributed by atoms with Crippen LogP contribution in [-0.4, -0.2) is 37.0 Å². The molecule has 3 nitrogen and oxygen atoms in total. The molecule has 0 bridgehead atoms. The lowest BCUT2D eigenvalue weighted by molar-refractivity contribution is -0.140. The smallest absolute Gasteiger partial charge is 0.228 e.